The van der Waals surface area contributed by atoms with E-state index in [1.165, 1.54) is 24.0 Å². The first-order valence-electron chi connectivity index (χ1n) is 8.79. The molecular formula is C20H23N3O5. The van der Waals surface area contributed by atoms with Crippen molar-refractivity contribution in [3.63, 3.8) is 0 Å². The number of ether oxygens (including phenoxy) is 1. The van der Waals surface area contributed by atoms with Crippen LogP contribution in [0.5, 0.6) is 0 Å². The van der Waals surface area contributed by atoms with Gasteiger partial charge >= 0.3 is 5.97 Å². The number of para-hydroxylation sites is 1. The lowest BCUT2D eigenvalue weighted by molar-refractivity contribution is -0.384. The first-order valence-corrected chi connectivity index (χ1v) is 8.79. The number of nitro groups is 1. The van der Waals surface area contributed by atoms with E-state index >= 15 is 0 Å². The highest BCUT2D eigenvalue weighted by Crippen LogP contribution is 2.28. The van der Waals surface area contributed by atoms with Gasteiger partial charge in [-0.1, -0.05) is 18.2 Å². The predicted octanol–water partition coefficient (Wildman–Crippen LogP) is 3.26. The van der Waals surface area contributed by atoms with Crippen LogP contribution in [-0.4, -0.2) is 43.5 Å². The summed E-state index contributed by atoms with van der Waals surface area (Å²) in [6.07, 6.45) is -1.04. The van der Waals surface area contributed by atoms with Crippen molar-refractivity contribution in [1.82, 2.24) is 0 Å². The van der Waals surface area contributed by atoms with E-state index in [1.807, 2.05) is 25.1 Å². The molecule has 0 aliphatic rings. The van der Waals surface area contributed by atoms with E-state index < -0.39 is 17.0 Å². The Morgan fingerprint density at radius 1 is 1.14 bits per heavy atom. The number of nitrogens with zero attached hydrogens (tertiary/aromatic N) is 3. The Labute approximate surface area is 163 Å². The van der Waals surface area contributed by atoms with Crippen molar-refractivity contribution < 1.29 is 19.2 Å². The van der Waals surface area contributed by atoms with E-state index in [0.717, 1.165) is 6.07 Å². The molecule has 0 aromatic heterocycles. The minimum atomic E-state index is -1.04. The lowest BCUT2D eigenvalue weighted by Crippen LogP contribution is -2.40. The maximum Gasteiger partial charge on any atom is 0.339 e. The Kier molecular flexibility index (Phi) is 6.70. The number of benzene rings is 2. The maximum atomic E-state index is 12.7. The Hall–Kier alpha value is -3.42. The van der Waals surface area contributed by atoms with E-state index in [-0.39, 0.29) is 17.2 Å². The van der Waals surface area contributed by atoms with Gasteiger partial charge in [0.2, 0.25) is 0 Å². The number of amides is 1. The summed E-state index contributed by atoms with van der Waals surface area (Å²) in [4.78, 5) is 38.9. The first-order chi connectivity index (χ1) is 13.3. The Balaban J connectivity index is 2.18. The second kappa shape index (κ2) is 8.98. The zero-order valence-electron chi connectivity index (χ0n) is 16.3. The molecule has 2 aromatic carbocycles. The molecule has 0 aliphatic heterocycles. The van der Waals surface area contributed by atoms with E-state index in [4.69, 9.17) is 4.74 Å². The average Bonchev–Trinajstić information content (AvgIpc) is 2.68. The van der Waals surface area contributed by atoms with Crippen molar-refractivity contribution in [2.45, 2.75) is 20.0 Å². The van der Waals surface area contributed by atoms with Crippen molar-refractivity contribution in [3.05, 3.63) is 64.2 Å². The van der Waals surface area contributed by atoms with Gasteiger partial charge in [-0.15, -0.1) is 0 Å². The van der Waals surface area contributed by atoms with Crippen LogP contribution in [0.15, 0.2) is 48.5 Å². The summed E-state index contributed by atoms with van der Waals surface area (Å²) < 4.78 is 5.27. The number of carbonyl (C=O) groups excluding carboxylic acids is 2. The standard InChI is InChI=1S/C20H23N3O5/c1-5-22(16-9-7-6-8-10-16)19(24)14(2)28-20(25)15-11-12-17(21(3)4)18(13-15)23(26)27/h6-14H,5H2,1-4H3/t14-/m1/s1. The summed E-state index contributed by atoms with van der Waals surface area (Å²) in [5.74, 6) is -1.17. The molecule has 0 saturated heterocycles. The van der Waals surface area contributed by atoms with E-state index in [9.17, 15) is 19.7 Å². The van der Waals surface area contributed by atoms with Gasteiger partial charge in [0.1, 0.15) is 5.69 Å². The van der Waals surface area contributed by atoms with Gasteiger partial charge in [0.15, 0.2) is 6.10 Å². The first kappa shape index (κ1) is 20.9. The smallest absolute Gasteiger partial charge is 0.339 e. The van der Waals surface area contributed by atoms with Gasteiger partial charge in [0.25, 0.3) is 11.6 Å². The molecule has 28 heavy (non-hydrogen) atoms. The summed E-state index contributed by atoms with van der Waals surface area (Å²) in [6.45, 7) is 3.71. The molecule has 0 fully saturated rings. The van der Waals surface area contributed by atoms with Crippen LogP contribution in [0.4, 0.5) is 17.1 Å². The molecule has 2 aromatic rings. The number of rotatable bonds is 7. The monoisotopic (exact) mass is 385 g/mol. The van der Waals surface area contributed by atoms with Crippen LogP contribution >= 0.6 is 0 Å². The third-order valence-electron chi connectivity index (χ3n) is 4.17. The van der Waals surface area contributed by atoms with E-state index in [0.29, 0.717) is 17.9 Å². The second-order valence-corrected chi connectivity index (χ2v) is 6.32. The quantitative estimate of drug-likeness (QED) is 0.413. The zero-order valence-corrected chi connectivity index (χ0v) is 16.3. The molecule has 2 rings (SSSR count). The molecular weight excluding hydrogens is 362 g/mol. The summed E-state index contributed by atoms with van der Waals surface area (Å²) in [5, 5.41) is 11.3. The molecule has 0 aliphatic carbocycles. The molecule has 0 unspecified atom stereocenters. The van der Waals surface area contributed by atoms with Crippen molar-refractivity contribution in [2.75, 3.05) is 30.4 Å². The van der Waals surface area contributed by atoms with Crippen molar-refractivity contribution in [2.24, 2.45) is 0 Å². The molecule has 0 spiro atoms. The van der Waals surface area contributed by atoms with Crippen LogP contribution in [0.2, 0.25) is 0 Å². The Morgan fingerprint density at radius 3 is 2.32 bits per heavy atom. The summed E-state index contributed by atoms with van der Waals surface area (Å²) in [6, 6.07) is 13.1. The number of nitro benzene ring substituents is 1. The van der Waals surface area contributed by atoms with Crippen molar-refractivity contribution in [1.29, 1.82) is 0 Å². The number of hydrogen-bond acceptors (Lipinski definition) is 6. The topological polar surface area (TPSA) is 93.0 Å². The van der Waals surface area contributed by atoms with Gasteiger partial charge in [0.05, 0.1) is 10.5 Å². The number of anilines is 2. The third kappa shape index (κ3) is 4.64. The third-order valence-corrected chi connectivity index (χ3v) is 4.17. The summed E-state index contributed by atoms with van der Waals surface area (Å²) in [5.41, 5.74) is 0.869. The molecule has 0 heterocycles. The molecule has 8 nitrogen and oxygen atoms in total. The van der Waals surface area contributed by atoms with Crippen molar-refractivity contribution >= 4 is 28.9 Å². The van der Waals surface area contributed by atoms with Crippen LogP contribution in [0.1, 0.15) is 24.2 Å². The molecule has 0 N–H and O–H groups in total. The SMILES string of the molecule is CCN(C(=O)[C@@H](C)OC(=O)c1ccc(N(C)C)c([N+](=O)[O-])c1)c1ccccc1. The molecule has 0 radical (unpaired) electrons. The van der Waals surface area contributed by atoms with E-state index in [1.54, 1.807) is 31.1 Å². The summed E-state index contributed by atoms with van der Waals surface area (Å²) in [7, 11) is 3.34. The fourth-order valence-corrected chi connectivity index (χ4v) is 2.75. The van der Waals surface area contributed by atoms with Gasteiger partial charge in [-0.05, 0) is 38.1 Å². The van der Waals surface area contributed by atoms with Crippen LogP contribution in [0.3, 0.4) is 0 Å². The van der Waals surface area contributed by atoms with Gasteiger partial charge < -0.3 is 14.5 Å². The minimum absolute atomic E-state index is 0.0136. The van der Waals surface area contributed by atoms with Crippen LogP contribution < -0.4 is 9.80 Å². The number of likely N-dealkylation sites (N-methyl/N-ethyl adjacent to an activating group) is 1. The minimum Gasteiger partial charge on any atom is -0.449 e. The summed E-state index contributed by atoms with van der Waals surface area (Å²) >= 11 is 0. The highest BCUT2D eigenvalue weighted by molar-refractivity contribution is 5.99. The molecule has 0 saturated carbocycles. The maximum absolute atomic E-state index is 12.7. The molecule has 0 bridgehead atoms. The van der Waals surface area contributed by atoms with Gasteiger partial charge in [-0.3, -0.25) is 14.9 Å². The fraction of sp³-hybridized carbons (Fsp3) is 0.300. The zero-order chi connectivity index (χ0) is 20.8. The molecule has 1 atom stereocenters. The number of hydrogen-bond donors (Lipinski definition) is 0. The second-order valence-electron chi connectivity index (χ2n) is 6.32. The lowest BCUT2D eigenvalue weighted by atomic mass is 10.1. The van der Waals surface area contributed by atoms with Crippen LogP contribution in [0.25, 0.3) is 0 Å². The van der Waals surface area contributed by atoms with Crippen LogP contribution in [-0.2, 0) is 9.53 Å². The normalized spacial score (nSPS) is 11.4. The lowest BCUT2D eigenvalue weighted by Gasteiger charge is -2.24. The van der Waals surface area contributed by atoms with Crippen LogP contribution in [0, 0.1) is 10.1 Å². The largest absolute Gasteiger partial charge is 0.449 e. The van der Waals surface area contributed by atoms with Gasteiger partial charge in [0, 0.05) is 32.4 Å². The van der Waals surface area contributed by atoms with Gasteiger partial charge in [-0.2, -0.15) is 0 Å². The molecule has 8 heteroatoms. The molecule has 148 valence electrons. The highest BCUT2D eigenvalue weighted by atomic mass is 16.6. The van der Waals surface area contributed by atoms with Crippen molar-refractivity contribution in [3.8, 4) is 0 Å². The Morgan fingerprint density at radius 2 is 1.79 bits per heavy atom. The fourth-order valence-electron chi connectivity index (χ4n) is 2.75. The number of carbonyl (C=O) groups is 2. The predicted molar refractivity (Wildman–Crippen MR) is 107 cm³/mol. The number of esters is 1. The van der Waals surface area contributed by atoms with Gasteiger partial charge in [-0.25, -0.2) is 4.79 Å². The molecule has 1 amide bonds. The highest BCUT2D eigenvalue weighted by Gasteiger charge is 2.26. The average molecular weight is 385 g/mol. The Bertz CT molecular complexity index is 867. The van der Waals surface area contributed by atoms with E-state index in [2.05, 4.69) is 0 Å².